The third-order valence-electron chi connectivity index (χ3n) is 7.04. The van der Waals surface area contributed by atoms with Gasteiger partial charge in [0.1, 0.15) is 0 Å². The molecule has 6 aromatic rings. The molecule has 0 bridgehead atoms. The fraction of sp³-hybridized carbons (Fsp3) is 0.167. The van der Waals surface area contributed by atoms with Crippen LogP contribution in [0.15, 0.2) is 97.6 Å². The fourth-order valence-corrected chi connectivity index (χ4v) is 4.79. The number of esters is 1. The summed E-state index contributed by atoms with van der Waals surface area (Å²) in [5.41, 5.74) is 7.55. The number of carboxylic acid groups (broad SMARTS) is 1. The molecule has 0 atom stereocenters. The normalized spacial score (nSPS) is 10.1. The Kier molecular flexibility index (Phi) is 15.4. The first-order valence-corrected chi connectivity index (χ1v) is 14.0. The average Bonchev–Trinajstić information content (AvgIpc) is 3.07. The molecule has 0 saturated carbocycles. The summed E-state index contributed by atoms with van der Waals surface area (Å²) in [5.74, 6) is -1.33. The van der Waals surface area contributed by atoms with Crippen LogP contribution in [-0.2, 0) is 30.8 Å². The van der Waals surface area contributed by atoms with E-state index in [0.29, 0.717) is 24.1 Å². The van der Waals surface area contributed by atoms with Gasteiger partial charge in [-0.15, -0.1) is 0 Å². The monoisotopic (exact) mass is 658 g/mol. The maximum absolute atomic E-state index is 11.6. The summed E-state index contributed by atoms with van der Waals surface area (Å²) < 4.78 is 4.73. The van der Waals surface area contributed by atoms with Gasteiger partial charge in [0, 0.05) is 59.8 Å². The summed E-state index contributed by atoms with van der Waals surface area (Å²) in [6.45, 7) is -0.0781. The molecule has 0 spiro atoms. The number of hydrogen-bond donors (Lipinski definition) is 3. The molecule has 4 heterocycles. The number of nitrogens with zero attached hydrogens (tertiary/aromatic N) is 4. The van der Waals surface area contributed by atoms with E-state index in [-0.39, 0.29) is 67.2 Å². The number of pyridine rings is 4. The topological polar surface area (TPSA) is 186 Å². The summed E-state index contributed by atoms with van der Waals surface area (Å²) in [7, 11) is 1.36. The first-order chi connectivity index (χ1) is 21.8. The molecule has 0 amide bonds. The molecule has 4 N–H and O–H groups in total. The second-order valence-corrected chi connectivity index (χ2v) is 10.3. The Bertz CT molecular complexity index is 2010. The molecule has 48 heavy (non-hydrogen) atoms. The van der Waals surface area contributed by atoms with Crippen LogP contribution in [-0.4, -0.2) is 59.8 Å². The Hall–Kier alpha value is -4.62. The fourth-order valence-electron chi connectivity index (χ4n) is 4.79. The minimum absolute atomic E-state index is 0. The zero-order valence-corrected chi connectivity index (χ0v) is 27.9. The summed E-state index contributed by atoms with van der Waals surface area (Å²) in [5, 5.41) is 29.3. The van der Waals surface area contributed by atoms with Gasteiger partial charge in [0.15, 0.2) is 0 Å². The van der Waals surface area contributed by atoms with Gasteiger partial charge in [-0.1, -0.05) is 19.6 Å². The number of carbonyl (C=O) groups excluding carboxylic acids is 1. The van der Waals surface area contributed by atoms with Crippen molar-refractivity contribution in [3.63, 3.8) is 0 Å². The number of hydrogen-bond acceptors (Lipinski definition) is 10. The van der Waals surface area contributed by atoms with Crippen LogP contribution in [0.1, 0.15) is 61.8 Å². The molecular weight excluding hydrogens is 623 g/mol. The molecule has 0 aliphatic rings. The van der Waals surface area contributed by atoms with E-state index in [0.717, 1.165) is 49.8 Å². The molecule has 2 aromatic carbocycles. The number of methoxy groups -OCH3 is 1. The van der Waals surface area contributed by atoms with E-state index in [1.165, 1.54) is 19.4 Å². The Morgan fingerprint density at radius 2 is 1.08 bits per heavy atom. The van der Waals surface area contributed by atoms with Gasteiger partial charge in [-0.05, 0) is 82.9 Å². The summed E-state index contributed by atoms with van der Waals surface area (Å²) in [6.07, 6.45) is 7.58. The average molecular weight is 659 g/mol. The first-order valence-electron chi connectivity index (χ1n) is 14.0. The number of aromatic carboxylic acids is 1. The van der Waals surface area contributed by atoms with Gasteiger partial charge in [0.2, 0.25) is 0 Å². The van der Waals surface area contributed by atoms with Crippen molar-refractivity contribution in [2.24, 2.45) is 0 Å². The number of carboxylic acids is 1. The van der Waals surface area contributed by atoms with Crippen molar-refractivity contribution >= 4 is 33.7 Å². The van der Waals surface area contributed by atoms with Gasteiger partial charge < -0.3 is 25.5 Å². The maximum atomic E-state index is 11.6. The van der Waals surface area contributed by atoms with E-state index < -0.39 is 5.97 Å². The largest absolute Gasteiger partial charge is 1.00 e. The Morgan fingerprint density at radius 1 is 0.646 bits per heavy atom. The minimum Gasteiger partial charge on any atom is -0.870 e. The summed E-state index contributed by atoms with van der Waals surface area (Å²) >= 11 is 0. The maximum Gasteiger partial charge on any atom is 1.00 e. The Morgan fingerprint density at radius 3 is 1.52 bits per heavy atom. The third-order valence-corrected chi connectivity index (χ3v) is 7.04. The predicted molar refractivity (Wildman–Crippen MR) is 176 cm³/mol. The smallest absolute Gasteiger partial charge is 0.870 e. The molecule has 11 nitrogen and oxygen atoms in total. The van der Waals surface area contributed by atoms with Crippen LogP contribution < -0.4 is 29.6 Å². The first kappa shape index (κ1) is 39.6. The van der Waals surface area contributed by atoms with E-state index in [9.17, 15) is 19.8 Å². The van der Waals surface area contributed by atoms with Gasteiger partial charge in [-0.3, -0.25) is 19.9 Å². The molecule has 4 aromatic heterocycles. The zero-order valence-electron chi connectivity index (χ0n) is 25.9. The molecule has 6 rings (SSSR count). The van der Waals surface area contributed by atoms with Gasteiger partial charge in [0.05, 0.1) is 42.5 Å². The number of aromatic nitrogens is 4. The van der Waals surface area contributed by atoms with Crippen LogP contribution in [0.2, 0.25) is 0 Å². The quantitative estimate of drug-likeness (QED) is 0.161. The summed E-state index contributed by atoms with van der Waals surface area (Å²) in [4.78, 5) is 39.7. The second-order valence-electron chi connectivity index (χ2n) is 10.3. The molecule has 0 aliphatic heterocycles. The van der Waals surface area contributed by atoms with Crippen LogP contribution in [0.25, 0.3) is 21.8 Å². The number of carbonyl (C=O) groups is 2. The SMILES string of the molecule is C.COC(=O)c1ccnc(Cc2ccc3ncc(CO)cc3c2)c1.O=C(O)c1ccnc(Cc2ccc3ncc(CO)cc3c2)c1.[Na+].[OH-]. The van der Waals surface area contributed by atoms with E-state index >= 15 is 0 Å². The summed E-state index contributed by atoms with van der Waals surface area (Å²) in [6, 6.07) is 22.0. The van der Waals surface area contributed by atoms with E-state index in [4.69, 9.17) is 9.84 Å². The number of benzene rings is 2. The molecule has 0 radical (unpaired) electrons. The van der Waals surface area contributed by atoms with Gasteiger partial charge >= 0.3 is 41.5 Å². The van der Waals surface area contributed by atoms with Crippen LogP contribution in [0.4, 0.5) is 0 Å². The molecule has 242 valence electrons. The van der Waals surface area contributed by atoms with E-state index in [1.54, 1.807) is 36.8 Å². The van der Waals surface area contributed by atoms with Crippen molar-refractivity contribution in [1.82, 2.24) is 19.9 Å². The minimum atomic E-state index is -0.959. The molecule has 0 saturated heterocycles. The van der Waals surface area contributed by atoms with Crippen LogP contribution in [0, 0.1) is 0 Å². The molecule has 12 heteroatoms. The van der Waals surface area contributed by atoms with Crippen molar-refractivity contribution in [3.8, 4) is 0 Å². The molecular formula is C36H35N4NaO7. The third kappa shape index (κ3) is 10.2. The number of fused-ring (bicyclic) bond motifs is 2. The van der Waals surface area contributed by atoms with Crippen molar-refractivity contribution in [2.75, 3.05) is 7.11 Å². The Labute approximate surface area is 299 Å². The zero-order chi connectivity index (χ0) is 31.8. The second kappa shape index (κ2) is 18.6. The van der Waals surface area contributed by atoms with Crippen molar-refractivity contribution in [2.45, 2.75) is 33.5 Å². The van der Waals surface area contributed by atoms with Crippen LogP contribution in [0.5, 0.6) is 0 Å². The molecule has 0 aliphatic carbocycles. The number of aliphatic hydroxyl groups excluding tert-OH is 2. The number of ether oxygens (including phenoxy) is 1. The van der Waals surface area contributed by atoms with E-state index in [2.05, 4.69) is 19.9 Å². The number of aliphatic hydroxyl groups is 2. The molecule has 0 unspecified atom stereocenters. The van der Waals surface area contributed by atoms with Crippen LogP contribution >= 0.6 is 0 Å². The van der Waals surface area contributed by atoms with Gasteiger partial charge in [-0.2, -0.15) is 0 Å². The van der Waals surface area contributed by atoms with Crippen molar-refractivity contribution in [1.29, 1.82) is 0 Å². The van der Waals surface area contributed by atoms with Crippen molar-refractivity contribution < 1.29 is 64.7 Å². The van der Waals surface area contributed by atoms with Crippen molar-refractivity contribution in [3.05, 3.63) is 142 Å². The molecule has 0 fully saturated rings. The number of rotatable bonds is 8. The van der Waals surface area contributed by atoms with Crippen LogP contribution in [0.3, 0.4) is 0 Å². The van der Waals surface area contributed by atoms with E-state index in [1.807, 2.05) is 48.5 Å². The van der Waals surface area contributed by atoms with Gasteiger partial charge in [0.25, 0.3) is 0 Å². The van der Waals surface area contributed by atoms with Gasteiger partial charge in [-0.25, -0.2) is 9.59 Å². The Balaban J connectivity index is 0.000000314. The predicted octanol–water partition coefficient (Wildman–Crippen LogP) is 2.37. The standard InChI is InChI=1S/C18H16N2O3.C17H14N2O3.CH4.Na.H2O/c1-23-18(22)14-4-5-19-16(9-14)8-12-2-3-17-15(6-12)7-13(11-21)10-20-17;20-10-12-6-14-5-11(1-2-16(14)19-9-12)7-15-8-13(17(21)22)3-4-18-15;;;/h2-7,9-10,21H,8,11H2,1H3;1-6,8-9,20H,7,10H2,(H,21,22);1H4;;1H2/q;;;+1;/p-1.